The first kappa shape index (κ1) is 21.4. The van der Waals surface area contributed by atoms with E-state index >= 15 is 0 Å². The zero-order valence-electron chi connectivity index (χ0n) is 15.7. The number of amides is 1. The van der Waals surface area contributed by atoms with Crippen molar-refractivity contribution in [3.05, 3.63) is 88.9 Å². The summed E-state index contributed by atoms with van der Waals surface area (Å²) in [6, 6.07) is 18.0. The summed E-state index contributed by atoms with van der Waals surface area (Å²) in [4.78, 5) is 23.7. The molecule has 3 aromatic carbocycles. The van der Waals surface area contributed by atoms with Gasteiger partial charge in [-0.3, -0.25) is 9.10 Å². The number of para-hydroxylation sites is 1. The average molecular weight is 445 g/mol. The van der Waals surface area contributed by atoms with Crippen molar-refractivity contribution in [2.45, 2.75) is 4.90 Å². The lowest BCUT2D eigenvalue weighted by molar-refractivity contribution is 0.0696. The summed E-state index contributed by atoms with van der Waals surface area (Å²) >= 11 is 6.12. The molecule has 2 N–H and O–H groups in total. The van der Waals surface area contributed by atoms with Crippen LogP contribution in [0.2, 0.25) is 5.02 Å². The smallest absolute Gasteiger partial charge is 0.335 e. The van der Waals surface area contributed by atoms with Crippen LogP contribution in [0.25, 0.3) is 0 Å². The maximum atomic E-state index is 13.0. The molecule has 0 unspecified atom stereocenters. The minimum absolute atomic E-state index is 0.000267. The molecule has 154 valence electrons. The van der Waals surface area contributed by atoms with E-state index < -0.39 is 21.9 Å². The number of hydrogen-bond acceptors (Lipinski definition) is 4. The minimum Gasteiger partial charge on any atom is -0.478 e. The van der Waals surface area contributed by atoms with Crippen LogP contribution in [0.1, 0.15) is 20.7 Å². The predicted octanol–water partition coefficient (Wildman–Crippen LogP) is 4.12. The molecule has 0 aliphatic heterocycles. The van der Waals surface area contributed by atoms with Crippen LogP contribution in [-0.4, -0.2) is 32.4 Å². The molecule has 0 spiro atoms. The molecule has 0 aliphatic carbocycles. The van der Waals surface area contributed by atoms with Gasteiger partial charge in [0.2, 0.25) is 0 Å². The number of rotatable bonds is 6. The number of nitrogens with one attached hydrogen (secondary N) is 1. The molecule has 3 rings (SSSR count). The van der Waals surface area contributed by atoms with Gasteiger partial charge in [-0.2, -0.15) is 0 Å². The number of sulfonamides is 1. The van der Waals surface area contributed by atoms with E-state index in [9.17, 15) is 18.0 Å². The first-order chi connectivity index (χ1) is 14.2. The van der Waals surface area contributed by atoms with E-state index in [2.05, 4.69) is 5.32 Å². The van der Waals surface area contributed by atoms with Crippen molar-refractivity contribution in [3.8, 4) is 0 Å². The van der Waals surface area contributed by atoms with Gasteiger partial charge >= 0.3 is 5.97 Å². The lowest BCUT2D eigenvalue weighted by Gasteiger charge is -2.20. The lowest BCUT2D eigenvalue weighted by Crippen LogP contribution is -2.27. The van der Waals surface area contributed by atoms with Crippen LogP contribution in [0.15, 0.2) is 77.7 Å². The van der Waals surface area contributed by atoms with Crippen LogP contribution >= 0.6 is 11.6 Å². The van der Waals surface area contributed by atoms with Crippen molar-refractivity contribution < 1.29 is 23.1 Å². The van der Waals surface area contributed by atoms with Crippen LogP contribution in [0.4, 0.5) is 11.4 Å². The van der Waals surface area contributed by atoms with Crippen molar-refractivity contribution in [1.29, 1.82) is 0 Å². The highest BCUT2D eigenvalue weighted by molar-refractivity contribution is 7.92. The minimum atomic E-state index is -3.94. The molecule has 30 heavy (non-hydrogen) atoms. The second kappa shape index (κ2) is 8.56. The van der Waals surface area contributed by atoms with Crippen molar-refractivity contribution in [2.24, 2.45) is 0 Å². The highest BCUT2D eigenvalue weighted by Crippen LogP contribution is 2.26. The third-order valence-electron chi connectivity index (χ3n) is 4.33. The number of aromatic carboxylic acids is 1. The molecule has 0 aliphatic rings. The molecule has 9 heteroatoms. The van der Waals surface area contributed by atoms with Crippen LogP contribution in [-0.2, 0) is 10.0 Å². The fourth-order valence-corrected chi connectivity index (χ4v) is 4.13. The first-order valence-electron chi connectivity index (χ1n) is 8.68. The zero-order chi connectivity index (χ0) is 21.9. The van der Waals surface area contributed by atoms with Gasteiger partial charge in [-0.25, -0.2) is 13.2 Å². The molecule has 0 atom stereocenters. The van der Waals surface area contributed by atoms with Crippen LogP contribution in [0.3, 0.4) is 0 Å². The quantitative estimate of drug-likeness (QED) is 0.595. The molecule has 0 fully saturated rings. The average Bonchev–Trinajstić information content (AvgIpc) is 2.74. The second-order valence-electron chi connectivity index (χ2n) is 6.29. The predicted molar refractivity (Wildman–Crippen MR) is 115 cm³/mol. The second-order valence-corrected chi connectivity index (χ2v) is 8.67. The lowest BCUT2D eigenvalue weighted by atomic mass is 10.1. The summed E-state index contributed by atoms with van der Waals surface area (Å²) in [7, 11) is -2.53. The van der Waals surface area contributed by atoms with Gasteiger partial charge in [0.15, 0.2) is 0 Å². The molecular weight excluding hydrogens is 428 g/mol. The number of anilines is 2. The maximum absolute atomic E-state index is 13.0. The molecule has 0 saturated heterocycles. The van der Waals surface area contributed by atoms with Crippen molar-refractivity contribution >= 4 is 44.9 Å². The molecule has 7 nitrogen and oxygen atoms in total. The number of nitrogens with zero attached hydrogens (tertiary/aromatic N) is 1. The summed E-state index contributed by atoms with van der Waals surface area (Å²) in [6.45, 7) is 0. The molecule has 0 saturated carbocycles. The third kappa shape index (κ3) is 4.45. The number of halogens is 1. The Morgan fingerprint density at radius 3 is 2.33 bits per heavy atom. The van der Waals surface area contributed by atoms with Crippen molar-refractivity contribution in [1.82, 2.24) is 0 Å². The molecule has 3 aromatic rings. The van der Waals surface area contributed by atoms with E-state index in [0.717, 1.165) is 4.31 Å². The Morgan fingerprint density at radius 1 is 0.967 bits per heavy atom. The first-order valence-corrected chi connectivity index (χ1v) is 10.5. The monoisotopic (exact) mass is 444 g/mol. The highest BCUT2D eigenvalue weighted by atomic mass is 35.5. The fraction of sp³-hybridized carbons (Fsp3) is 0.0476. The van der Waals surface area contributed by atoms with Gasteiger partial charge in [0.1, 0.15) is 0 Å². The zero-order valence-corrected chi connectivity index (χ0v) is 17.3. The Labute approximate surface area is 178 Å². The van der Waals surface area contributed by atoms with Gasteiger partial charge in [-0.1, -0.05) is 35.9 Å². The van der Waals surface area contributed by atoms with E-state index in [1.54, 1.807) is 30.3 Å². The Kier molecular flexibility index (Phi) is 6.09. The van der Waals surface area contributed by atoms with Crippen LogP contribution < -0.4 is 9.62 Å². The number of carbonyl (C=O) groups is 2. The van der Waals surface area contributed by atoms with Gasteiger partial charge in [0, 0.05) is 12.7 Å². The number of carbonyl (C=O) groups excluding carboxylic acids is 1. The van der Waals surface area contributed by atoms with Gasteiger partial charge in [-0.05, 0) is 48.5 Å². The third-order valence-corrected chi connectivity index (χ3v) is 6.44. The normalized spacial score (nSPS) is 11.0. The SMILES string of the molecule is CN(c1ccccc1)S(=O)(=O)c1ccc(Cl)c(C(=O)Nc2cccc(C(=O)O)c2)c1. The van der Waals surface area contributed by atoms with Gasteiger partial charge in [0.05, 0.1) is 26.7 Å². The molecule has 0 aromatic heterocycles. The molecule has 0 radical (unpaired) electrons. The number of hydrogen-bond donors (Lipinski definition) is 2. The number of carboxylic acid groups (broad SMARTS) is 1. The Bertz CT molecular complexity index is 1210. The highest BCUT2D eigenvalue weighted by Gasteiger charge is 2.24. The van der Waals surface area contributed by atoms with Crippen molar-refractivity contribution in [2.75, 3.05) is 16.7 Å². The Morgan fingerprint density at radius 2 is 1.67 bits per heavy atom. The Hall–Kier alpha value is -3.36. The van der Waals surface area contributed by atoms with E-state index in [0.29, 0.717) is 5.69 Å². The summed E-state index contributed by atoms with van der Waals surface area (Å²) in [6.07, 6.45) is 0. The molecular formula is C21H17ClN2O5S. The standard InChI is InChI=1S/C21H17ClN2O5S/c1-24(16-8-3-2-4-9-16)30(28,29)17-10-11-19(22)18(13-17)20(25)23-15-7-5-6-14(12-15)21(26)27/h2-13H,1H3,(H,23,25)(H,26,27). The topological polar surface area (TPSA) is 104 Å². The number of benzene rings is 3. The van der Waals surface area contributed by atoms with E-state index in [1.807, 2.05) is 0 Å². The van der Waals surface area contributed by atoms with Gasteiger partial charge < -0.3 is 10.4 Å². The molecule has 0 heterocycles. The molecule has 1 amide bonds. The molecule has 0 bridgehead atoms. The van der Waals surface area contributed by atoms with Gasteiger partial charge in [-0.15, -0.1) is 0 Å². The van der Waals surface area contributed by atoms with Crippen molar-refractivity contribution in [3.63, 3.8) is 0 Å². The maximum Gasteiger partial charge on any atom is 0.335 e. The largest absolute Gasteiger partial charge is 0.478 e. The van der Waals surface area contributed by atoms with E-state index in [-0.39, 0.29) is 26.7 Å². The summed E-state index contributed by atoms with van der Waals surface area (Å²) in [5.74, 6) is -1.80. The van der Waals surface area contributed by atoms with Gasteiger partial charge in [0.25, 0.3) is 15.9 Å². The summed E-state index contributed by atoms with van der Waals surface area (Å²) < 4.78 is 27.1. The summed E-state index contributed by atoms with van der Waals surface area (Å²) in [5.41, 5.74) is 0.647. The van der Waals surface area contributed by atoms with Crippen LogP contribution in [0.5, 0.6) is 0 Å². The van der Waals surface area contributed by atoms with E-state index in [1.165, 1.54) is 49.5 Å². The number of carboxylic acids is 1. The fourth-order valence-electron chi connectivity index (χ4n) is 2.70. The van der Waals surface area contributed by atoms with E-state index in [4.69, 9.17) is 16.7 Å². The summed E-state index contributed by atoms with van der Waals surface area (Å²) in [5, 5.41) is 11.7. The van der Waals surface area contributed by atoms with Crippen LogP contribution in [0, 0.1) is 0 Å². The Balaban J connectivity index is 1.92.